The van der Waals surface area contributed by atoms with Crippen molar-refractivity contribution in [3.8, 4) is 11.5 Å². The van der Waals surface area contributed by atoms with Crippen LogP contribution in [0.1, 0.15) is 27.2 Å². The van der Waals surface area contributed by atoms with Crippen LogP contribution in [-0.4, -0.2) is 68.0 Å². The van der Waals surface area contributed by atoms with Gasteiger partial charge in [-0.3, -0.25) is 9.59 Å². The number of nitrogens with one attached hydrogen (secondary N) is 1. The molecule has 9 nitrogen and oxygen atoms in total. The van der Waals surface area contributed by atoms with Crippen molar-refractivity contribution in [1.82, 2.24) is 14.8 Å². The highest BCUT2D eigenvalue weighted by atomic mass is 16.5. The zero-order valence-electron chi connectivity index (χ0n) is 25.6. The van der Waals surface area contributed by atoms with E-state index in [0.29, 0.717) is 42.3 Å². The average molecular weight is 595 g/mol. The van der Waals surface area contributed by atoms with E-state index in [-0.39, 0.29) is 24.9 Å². The molecule has 228 valence electrons. The molecule has 2 aromatic heterocycles. The Bertz CT molecular complexity index is 1690. The zero-order valence-corrected chi connectivity index (χ0v) is 25.6. The summed E-state index contributed by atoms with van der Waals surface area (Å²) in [6.45, 7) is 0.903. The van der Waals surface area contributed by atoms with Crippen molar-refractivity contribution in [1.29, 1.82) is 0 Å². The number of H-pyrrole nitrogens is 1. The molecule has 0 aliphatic rings. The van der Waals surface area contributed by atoms with Crippen molar-refractivity contribution in [2.45, 2.75) is 19.5 Å². The van der Waals surface area contributed by atoms with Gasteiger partial charge in [-0.25, -0.2) is 0 Å². The molecule has 9 heteroatoms. The number of aromatic amines is 1. The summed E-state index contributed by atoms with van der Waals surface area (Å²) in [5.41, 5.74) is 4.66. The number of aromatic nitrogens is 1. The second-order valence-electron chi connectivity index (χ2n) is 10.8. The molecule has 0 spiro atoms. The van der Waals surface area contributed by atoms with E-state index in [0.717, 1.165) is 27.7 Å². The average Bonchev–Trinajstić information content (AvgIpc) is 3.72. The van der Waals surface area contributed by atoms with Crippen LogP contribution in [0.25, 0.3) is 10.9 Å². The van der Waals surface area contributed by atoms with E-state index in [1.165, 1.54) is 12.0 Å². The van der Waals surface area contributed by atoms with Crippen LogP contribution in [0, 0.1) is 0 Å². The van der Waals surface area contributed by atoms with Crippen LogP contribution in [0.2, 0.25) is 0 Å². The van der Waals surface area contributed by atoms with Crippen LogP contribution in [0.15, 0.2) is 95.7 Å². The van der Waals surface area contributed by atoms with Gasteiger partial charge < -0.3 is 33.6 Å². The largest absolute Gasteiger partial charge is 0.493 e. The van der Waals surface area contributed by atoms with Crippen LogP contribution in [0.3, 0.4) is 0 Å². The highest BCUT2D eigenvalue weighted by molar-refractivity contribution is 5.97. The molecule has 0 aliphatic carbocycles. The summed E-state index contributed by atoms with van der Waals surface area (Å²) in [4.78, 5) is 36.6. The molecule has 0 saturated heterocycles. The molecule has 0 saturated carbocycles. The first-order valence-corrected chi connectivity index (χ1v) is 14.5. The molecule has 5 rings (SSSR count). The Morgan fingerprint density at radius 1 is 0.841 bits per heavy atom. The van der Waals surface area contributed by atoms with Gasteiger partial charge in [0.05, 0.1) is 27.0 Å². The van der Waals surface area contributed by atoms with E-state index in [9.17, 15) is 9.59 Å². The summed E-state index contributed by atoms with van der Waals surface area (Å²) in [5.74, 6) is 1.05. The Kier molecular flexibility index (Phi) is 9.54. The van der Waals surface area contributed by atoms with Gasteiger partial charge in [-0.05, 0) is 66.1 Å². The number of furan rings is 1. The standard InChI is InChI=1S/C35H38N4O5/c1-37(2)28-14-11-25(12-15-28)22-38(18-17-27-21-36-31-10-6-5-9-30(27)31)34(40)24-39(23-29-8-7-19-44-29)35(41)26-13-16-32(42-3)33(20-26)43-4/h5-16,19-21,36H,17-18,22-24H2,1-4H3. The van der Waals surface area contributed by atoms with E-state index in [1.807, 2.05) is 72.6 Å². The van der Waals surface area contributed by atoms with Gasteiger partial charge in [0, 0.05) is 55.5 Å². The number of rotatable bonds is 13. The SMILES string of the molecule is COc1ccc(C(=O)N(CC(=O)N(CCc2c[nH]c3ccccc23)Cc2ccc(N(C)C)cc2)Cc2ccco2)cc1OC. The lowest BCUT2D eigenvalue weighted by Crippen LogP contribution is -2.43. The maximum atomic E-state index is 14.1. The lowest BCUT2D eigenvalue weighted by atomic mass is 10.1. The van der Waals surface area contributed by atoms with E-state index in [4.69, 9.17) is 13.9 Å². The van der Waals surface area contributed by atoms with E-state index in [1.54, 1.807) is 43.7 Å². The van der Waals surface area contributed by atoms with E-state index >= 15 is 0 Å². The minimum Gasteiger partial charge on any atom is -0.493 e. The number of carbonyl (C=O) groups is 2. The number of methoxy groups -OCH3 is 2. The summed E-state index contributed by atoms with van der Waals surface area (Å²) in [5, 5.41) is 1.14. The fraction of sp³-hybridized carbons (Fsp3) is 0.257. The quantitative estimate of drug-likeness (QED) is 0.187. The lowest BCUT2D eigenvalue weighted by molar-refractivity contribution is -0.132. The Morgan fingerprint density at radius 3 is 2.32 bits per heavy atom. The summed E-state index contributed by atoms with van der Waals surface area (Å²) >= 11 is 0. The van der Waals surface area contributed by atoms with Gasteiger partial charge >= 0.3 is 0 Å². The first-order valence-electron chi connectivity index (χ1n) is 14.5. The smallest absolute Gasteiger partial charge is 0.254 e. The lowest BCUT2D eigenvalue weighted by Gasteiger charge is -2.28. The topological polar surface area (TPSA) is 91.2 Å². The molecule has 0 aliphatic heterocycles. The molecule has 44 heavy (non-hydrogen) atoms. The minimum absolute atomic E-state index is 0.127. The Morgan fingerprint density at radius 2 is 1.61 bits per heavy atom. The number of hydrogen-bond acceptors (Lipinski definition) is 6. The number of fused-ring (bicyclic) bond motifs is 1. The first-order chi connectivity index (χ1) is 21.4. The van der Waals surface area contributed by atoms with Gasteiger partial charge in [-0.15, -0.1) is 0 Å². The molecule has 5 aromatic rings. The highest BCUT2D eigenvalue weighted by Crippen LogP contribution is 2.28. The van der Waals surface area contributed by atoms with Crippen molar-refractivity contribution in [2.24, 2.45) is 0 Å². The normalized spacial score (nSPS) is 10.9. The maximum Gasteiger partial charge on any atom is 0.254 e. The van der Waals surface area contributed by atoms with Crippen molar-refractivity contribution in [3.63, 3.8) is 0 Å². The molecule has 0 unspecified atom stereocenters. The Hall–Kier alpha value is -5.18. The second-order valence-corrected chi connectivity index (χ2v) is 10.8. The van der Waals surface area contributed by atoms with Crippen LogP contribution in [0.5, 0.6) is 11.5 Å². The second kappa shape index (κ2) is 13.9. The molecule has 2 heterocycles. The number of anilines is 1. The van der Waals surface area contributed by atoms with Gasteiger partial charge in [0.15, 0.2) is 11.5 Å². The summed E-state index contributed by atoms with van der Waals surface area (Å²) < 4.78 is 16.3. The molecule has 0 fully saturated rings. The van der Waals surface area contributed by atoms with Crippen LogP contribution in [0.4, 0.5) is 5.69 Å². The van der Waals surface area contributed by atoms with Gasteiger partial charge in [-0.1, -0.05) is 30.3 Å². The van der Waals surface area contributed by atoms with Gasteiger partial charge in [-0.2, -0.15) is 0 Å². The predicted octanol–water partition coefficient (Wildman–Crippen LogP) is 5.76. The van der Waals surface area contributed by atoms with Crippen LogP contribution < -0.4 is 14.4 Å². The molecule has 0 bridgehead atoms. The number of para-hydroxylation sites is 1. The van der Waals surface area contributed by atoms with Crippen LogP contribution in [-0.2, 0) is 24.3 Å². The predicted molar refractivity (Wildman–Crippen MR) is 171 cm³/mol. The highest BCUT2D eigenvalue weighted by Gasteiger charge is 2.25. The summed E-state index contributed by atoms with van der Waals surface area (Å²) in [6.07, 6.45) is 4.22. The number of nitrogens with zero attached hydrogens (tertiary/aromatic N) is 3. The van der Waals surface area contributed by atoms with E-state index < -0.39 is 0 Å². The molecule has 0 atom stereocenters. The minimum atomic E-state index is -0.317. The molecular weight excluding hydrogens is 556 g/mol. The van der Waals surface area contributed by atoms with Gasteiger partial charge in [0.25, 0.3) is 5.91 Å². The fourth-order valence-electron chi connectivity index (χ4n) is 5.21. The third-order valence-electron chi connectivity index (χ3n) is 7.68. The molecule has 1 N–H and O–H groups in total. The number of ether oxygens (including phenoxy) is 2. The zero-order chi connectivity index (χ0) is 31.1. The van der Waals surface area contributed by atoms with Crippen molar-refractivity contribution >= 4 is 28.4 Å². The Balaban J connectivity index is 1.41. The monoisotopic (exact) mass is 594 g/mol. The van der Waals surface area contributed by atoms with Gasteiger partial charge in [0.2, 0.25) is 5.91 Å². The fourth-order valence-corrected chi connectivity index (χ4v) is 5.21. The third-order valence-corrected chi connectivity index (χ3v) is 7.68. The maximum absolute atomic E-state index is 14.1. The number of hydrogen-bond donors (Lipinski definition) is 1. The molecule has 3 aromatic carbocycles. The number of carbonyl (C=O) groups excluding carboxylic acids is 2. The molecule has 0 radical (unpaired) electrons. The first kappa shape index (κ1) is 30.3. The van der Waals surface area contributed by atoms with Crippen molar-refractivity contribution < 1.29 is 23.5 Å². The number of amides is 2. The summed E-state index contributed by atoms with van der Waals surface area (Å²) in [6, 6.07) is 24.8. The Labute approximate surface area is 257 Å². The van der Waals surface area contributed by atoms with E-state index in [2.05, 4.69) is 11.1 Å². The summed E-state index contributed by atoms with van der Waals surface area (Å²) in [7, 11) is 7.05. The van der Waals surface area contributed by atoms with Crippen LogP contribution >= 0.6 is 0 Å². The third kappa shape index (κ3) is 7.06. The van der Waals surface area contributed by atoms with Crippen molar-refractivity contribution in [2.75, 3.05) is 46.3 Å². The van der Waals surface area contributed by atoms with Crippen molar-refractivity contribution in [3.05, 3.63) is 114 Å². The number of benzene rings is 3. The molecular formula is C35H38N4O5. The van der Waals surface area contributed by atoms with Gasteiger partial charge in [0.1, 0.15) is 12.3 Å². The molecule has 2 amide bonds.